The van der Waals surface area contributed by atoms with Crippen LogP contribution >= 0.6 is 11.8 Å². The minimum atomic E-state index is -1.14. The van der Waals surface area contributed by atoms with Crippen molar-refractivity contribution in [3.63, 3.8) is 0 Å². The Morgan fingerprint density at radius 1 is 1.35 bits per heavy atom. The molecule has 0 radical (unpaired) electrons. The number of amides is 1. The molecule has 2 fully saturated rings. The van der Waals surface area contributed by atoms with Crippen molar-refractivity contribution in [2.75, 3.05) is 19.4 Å². The van der Waals surface area contributed by atoms with E-state index in [9.17, 15) is 19.5 Å². The zero-order valence-electron chi connectivity index (χ0n) is 15.7. The molecule has 0 saturated carbocycles. The van der Waals surface area contributed by atoms with Crippen molar-refractivity contribution in [3.8, 4) is 0 Å². The van der Waals surface area contributed by atoms with Crippen LogP contribution in [0.2, 0.25) is 0 Å². The number of carboxylic acids is 1. The number of carbonyl (C=O) groups is 3. The van der Waals surface area contributed by atoms with Crippen LogP contribution in [-0.4, -0.2) is 70.0 Å². The number of carbonyl (C=O) groups excluding carboxylic acids is 2. The molecule has 148 valence electrons. The van der Waals surface area contributed by atoms with Gasteiger partial charge in [-0.05, 0) is 45.8 Å². The van der Waals surface area contributed by atoms with Crippen molar-refractivity contribution < 1.29 is 29.0 Å². The average Bonchev–Trinajstić information content (AvgIpc) is 2.97. The number of rotatable bonds is 4. The highest BCUT2D eigenvalue weighted by atomic mass is 32.2. The van der Waals surface area contributed by atoms with Crippen molar-refractivity contribution in [3.05, 3.63) is 0 Å². The summed E-state index contributed by atoms with van der Waals surface area (Å²) < 4.78 is 10.5. The van der Waals surface area contributed by atoms with E-state index in [1.54, 1.807) is 32.5 Å². The summed E-state index contributed by atoms with van der Waals surface area (Å²) in [5.41, 5.74) is -1.81. The molecule has 0 aliphatic carbocycles. The number of hydrogen-bond acceptors (Lipinski definition) is 7. The van der Waals surface area contributed by atoms with Gasteiger partial charge >= 0.3 is 18.0 Å². The third kappa shape index (κ3) is 4.62. The minimum Gasteiger partial charge on any atom is -0.480 e. The number of nitrogens with zero attached hydrogens (tertiary/aromatic N) is 1. The normalized spacial score (nSPS) is 29.3. The fraction of sp³-hybridized carbons (Fsp3) is 0.824. The molecule has 2 aliphatic heterocycles. The average molecular weight is 388 g/mol. The zero-order valence-corrected chi connectivity index (χ0v) is 16.6. The number of carboxylic acid groups (broad SMARTS) is 1. The topological polar surface area (TPSA) is 105 Å². The Labute approximate surface area is 158 Å². The Morgan fingerprint density at radius 3 is 2.62 bits per heavy atom. The summed E-state index contributed by atoms with van der Waals surface area (Å²) in [4.78, 5) is 38.1. The van der Waals surface area contributed by atoms with E-state index in [-0.39, 0.29) is 11.8 Å². The molecule has 0 bridgehead atoms. The van der Waals surface area contributed by atoms with E-state index in [4.69, 9.17) is 9.47 Å². The first-order valence-corrected chi connectivity index (χ1v) is 9.83. The Hall–Kier alpha value is -1.48. The van der Waals surface area contributed by atoms with Crippen LogP contribution in [0.25, 0.3) is 0 Å². The van der Waals surface area contributed by atoms with Gasteiger partial charge < -0.3 is 14.6 Å². The molecule has 0 aromatic carbocycles. The molecule has 2 saturated heterocycles. The molecular weight excluding hydrogens is 360 g/mol. The Kier molecular flexibility index (Phi) is 6.44. The van der Waals surface area contributed by atoms with Crippen LogP contribution in [0.3, 0.4) is 0 Å². The van der Waals surface area contributed by atoms with Crippen LogP contribution in [0.4, 0.5) is 4.79 Å². The molecule has 2 aliphatic rings. The predicted molar refractivity (Wildman–Crippen MR) is 97.0 cm³/mol. The van der Waals surface area contributed by atoms with E-state index in [2.05, 4.69) is 5.32 Å². The highest BCUT2D eigenvalue weighted by Crippen LogP contribution is 2.39. The van der Waals surface area contributed by atoms with Gasteiger partial charge in [-0.15, -0.1) is 11.8 Å². The Balaban J connectivity index is 2.22. The van der Waals surface area contributed by atoms with Gasteiger partial charge in [-0.3, -0.25) is 15.0 Å². The van der Waals surface area contributed by atoms with Crippen molar-refractivity contribution in [2.45, 2.75) is 69.0 Å². The second-order valence-corrected chi connectivity index (χ2v) is 8.98. The maximum absolute atomic E-state index is 12.7. The molecule has 9 heteroatoms. The van der Waals surface area contributed by atoms with Crippen molar-refractivity contribution in [1.29, 1.82) is 0 Å². The summed E-state index contributed by atoms with van der Waals surface area (Å²) in [6, 6.07) is -0.646. The smallest absolute Gasteiger partial charge is 0.411 e. The molecule has 2 heterocycles. The molecule has 3 unspecified atom stereocenters. The van der Waals surface area contributed by atoms with Gasteiger partial charge in [0.1, 0.15) is 17.2 Å². The summed E-state index contributed by atoms with van der Waals surface area (Å²) in [6.45, 7) is 5.73. The van der Waals surface area contributed by atoms with E-state index >= 15 is 0 Å². The molecule has 0 aromatic heterocycles. The van der Waals surface area contributed by atoms with Crippen LogP contribution in [0.5, 0.6) is 0 Å². The fourth-order valence-electron chi connectivity index (χ4n) is 3.46. The number of thioether (sulfide) groups is 1. The largest absolute Gasteiger partial charge is 0.480 e. The summed E-state index contributed by atoms with van der Waals surface area (Å²) in [5.74, 6) is -0.711. The quantitative estimate of drug-likeness (QED) is 0.703. The van der Waals surface area contributed by atoms with Gasteiger partial charge in [0.05, 0.1) is 12.5 Å². The number of methoxy groups -OCH3 is 1. The lowest BCUT2D eigenvalue weighted by Gasteiger charge is -2.40. The summed E-state index contributed by atoms with van der Waals surface area (Å²) in [6.07, 6.45) is 1.39. The van der Waals surface area contributed by atoms with Gasteiger partial charge in [-0.25, -0.2) is 9.59 Å². The zero-order chi connectivity index (χ0) is 19.5. The van der Waals surface area contributed by atoms with Crippen LogP contribution in [0.1, 0.15) is 46.5 Å². The molecule has 0 aromatic rings. The third-order valence-corrected chi connectivity index (χ3v) is 5.78. The van der Waals surface area contributed by atoms with Crippen LogP contribution in [0, 0.1) is 0 Å². The van der Waals surface area contributed by atoms with Crippen LogP contribution in [0.15, 0.2) is 0 Å². The molecule has 0 spiro atoms. The van der Waals surface area contributed by atoms with E-state index in [0.29, 0.717) is 31.6 Å². The SMILES string of the molecule is COC(=O)C1(CC2NC(C(=O)O)CCS2)CCCN1C(=O)OC(C)(C)C. The molecule has 26 heavy (non-hydrogen) atoms. The monoisotopic (exact) mass is 388 g/mol. The minimum absolute atomic E-state index is 0.257. The first kappa shape index (κ1) is 20.8. The first-order valence-electron chi connectivity index (χ1n) is 8.78. The number of aliphatic carboxylic acids is 1. The Bertz CT molecular complexity index is 564. The van der Waals surface area contributed by atoms with Crippen LogP contribution in [-0.2, 0) is 19.1 Å². The second-order valence-electron chi connectivity index (χ2n) is 7.67. The molecule has 1 amide bonds. The second kappa shape index (κ2) is 8.04. The number of nitrogens with one attached hydrogen (secondary N) is 1. The maximum atomic E-state index is 12.7. The van der Waals surface area contributed by atoms with Crippen LogP contribution < -0.4 is 5.32 Å². The van der Waals surface area contributed by atoms with Crippen molar-refractivity contribution in [2.24, 2.45) is 0 Å². The summed E-state index contributed by atoms with van der Waals surface area (Å²) >= 11 is 1.56. The van der Waals surface area contributed by atoms with E-state index in [0.717, 1.165) is 0 Å². The molecule has 3 atom stereocenters. The summed E-state index contributed by atoms with van der Waals surface area (Å²) in [5, 5.41) is 12.1. The first-order chi connectivity index (χ1) is 12.1. The third-order valence-electron chi connectivity index (χ3n) is 4.60. The lowest BCUT2D eigenvalue weighted by Crippen LogP contribution is -2.58. The van der Waals surface area contributed by atoms with Gasteiger partial charge in [-0.2, -0.15) is 0 Å². The van der Waals surface area contributed by atoms with Gasteiger partial charge in [0, 0.05) is 13.0 Å². The van der Waals surface area contributed by atoms with Crippen molar-refractivity contribution in [1.82, 2.24) is 10.2 Å². The molecule has 8 nitrogen and oxygen atoms in total. The van der Waals surface area contributed by atoms with Crippen molar-refractivity contribution >= 4 is 29.8 Å². The maximum Gasteiger partial charge on any atom is 0.411 e. The van der Waals surface area contributed by atoms with E-state index in [1.807, 2.05) is 0 Å². The highest BCUT2D eigenvalue weighted by Gasteiger charge is 2.53. The highest BCUT2D eigenvalue weighted by molar-refractivity contribution is 7.99. The fourth-order valence-corrected chi connectivity index (χ4v) is 4.77. The number of esters is 1. The summed E-state index contributed by atoms with van der Waals surface area (Å²) in [7, 11) is 1.30. The number of hydrogen-bond donors (Lipinski definition) is 2. The van der Waals surface area contributed by atoms with E-state index in [1.165, 1.54) is 12.0 Å². The molecule has 2 N–H and O–H groups in total. The van der Waals surface area contributed by atoms with Gasteiger partial charge in [0.25, 0.3) is 0 Å². The number of ether oxygens (including phenoxy) is 2. The van der Waals surface area contributed by atoms with Gasteiger partial charge in [-0.1, -0.05) is 0 Å². The Morgan fingerprint density at radius 2 is 2.04 bits per heavy atom. The van der Waals surface area contributed by atoms with E-state index < -0.39 is 35.2 Å². The van der Waals surface area contributed by atoms with Gasteiger partial charge in [0.2, 0.25) is 0 Å². The molecule has 2 rings (SSSR count). The predicted octanol–water partition coefficient (Wildman–Crippen LogP) is 1.82. The lowest BCUT2D eigenvalue weighted by molar-refractivity contribution is -0.153. The standard InChI is InChI=1S/C17H28N2O6S/c1-16(2,3)25-15(23)19-8-5-7-17(19,14(22)24-4)10-12-18-11(13(20)21)6-9-26-12/h11-12,18H,5-10H2,1-4H3,(H,20,21). The van der Waals surface area contributed by atoms with Gasteiger partial charge in [0.15, 0.2) is 0 Å². The molecular formula is C17H28N2O6S. The lowest BCUT2D eigenvalue weighted by atomic mass is 9.91. The number of likely N-dealkylation sites (tertiary alicyclic amines) is 1.